The molecule has 0 spiro atoms. The van der Waals surface area contributed by atoms with Gasteiger partial charge in [0.1, 0.15) is 5.76 Å². The molecule has 1 aromatic heterocycles. The number of anilines is 1. The first kappa shape index (κ1) is 23.6. The third-order valence-corrected chi connectivity index (χ3v) is 6.58. The van der Waals surface area contributed by atoms with Gasteiger partial charge >= 0.3 is 0 Å². The summed E-state index contributed by atoms with van der Waals surface area (Å²) in [6.45, 7) is 3.24. The number of carbonyl (C=O) groups excluding carboxylic acids is 1. The monoisotopic (exact) mass is 455 g/mol. The summed E-state index contributed by atoms with van der Waals surface area (Å²) in [5.41, 5.74) is 2.23. The summed E-state index contributed by atoms with van der Waals surface area (Å²) in [6.07, 6.45) is 3.23. The Kier molecular flexibility index (Phi) is 8.08. The van der Waals surface area contributed by atoms with E-state index in [0.29, 0.717) is 17.9 Å². The number of hydrogen-bond donors (Lipinski definition) is 2. The third-order valence-electron chi connectivity index (χ3n) is 5.18. The fraction of sp³-hybridized carbons (Fsp3) is 0.292. The summed E-state index contributed by atoms with van der Waals surface area (Å²) in [7, 11) is -1.72. The van der Waals surface area contributed by atoms with Gasteiger partial charge < -0.3 is 14.6 Å². The number of nitrogens with one attached hydrogen (secondary N) is 2. The number of nitrogens with zero attached hydrogens (tertiary/aromatic N) is 1. The van der Waals surface area contributed by atoms with Gasteiger partial charge in [-0.2, -0.15) is 0 Å². The van der Waals surface area contributed by atoms with Gasteiger partial charge in [-0.05, 0) is 61.7 Å². The van der Waals surface area contributed by atoms with Crippen LogP contribution in [0.3, 0.4) is 0 Å². The predicted octanol–water partition coefficient (Wildman–Crippen LogP) is 3.71. The van der Waals surface area contributed by atoms with Gasteiger partial charge in [0.25, 0.3) is 5.91 Å². The fourth-order valence-electron chi connectivity index (χ4n) is 3.26. The number of para-hydroxylation sites is 1. The molecule has 1 heterocycles. The Hall–Kier alpha value is -3.10. The average molecular weight is 456 g/mol. The van der Waals surface area contributed by atoms with Crippen LogP contribution in [0.15, 0.2) is 76.2 Å². The molecule has 3 rings (SSSR count). The fourth-order valence-corrected chi connectivity index (χ4v) is 4.28. The molecule has 0 atom stereocenters. The smallest absolute Gasteiger partial charge is 0.251 e. The van der Waals surface area contributed by atoms with Crippen molar-refractivity contribution in [3.05, 3.63) is 83.8 Å². The minimum Gasteiger partial charge on any atom is -0.468 e. The van der Waals surface area contributed by atoms with Crippen molar-refractivity contribution >= 4 is 21.6 Å². The zero-order valence-electron chi connectivity index (χ0n) is 18.4. The van der Waals surface area contributed by atoms with Crippen molar-refractivity contribution in [3.8, 4) is 0 Å². The third kappa shape index (κ3) is 6.45. The summed E-state index contributed by atoms with van der Waals surface area (Å²) in [4.78, 5) is 14.9. The Morgan fingerprint density at radius 2 is 1.81 bits per heavy atom. The SMILES string of the molecule is Cc1ccc(S(=O)(=O)NCc2ccco2)cc1C(=O)NCCCCN(C)c1ccccc1. The molecule has 0 aliphatic heterocycles. The standard InChI is InChI=1S/C24H29N3O4S/c1-19-12-13-22(32(29,30)26-18-21-11-8-16-31-21)17-23(19)24(28)25-14-6-7-15-27(2)20-9-4-3-5-10-20/h3-5,8-13,16-17,26H,6-7,14-15,18H2,1-2H3,(H,25,28). The first-order valence-corrected chi connectivity index (χ1v) is 12.0. The number of amides is 1. The van der Waals surface area contributed by atoms with E-state index in [1.165, 1.54) is 18.4 Å². The Bertz CT molecular complexity index is 1110. The van der Waals surface area contributed by atoms with Crippen LogP contribution in [-0.4, -0.2) is 34.5 Å². The van der Waals surface area contributed by atoms with Crippen molar-refractivity contribution in [1.29, 1.82) is 0 Å². The topological polar surface area (TPSA) is 91.6 Å². The zero-order chi connectivity index (χ0) is 23.0. The van der Waals surface area contributed by atoms with Crippen molar-refractivity contribution < 1.29 is 17.6 Å². The summed E-state index contributed by atoms with van der Waals surface area (Å²) >= 11 is 0. The van der Waals surface area contributed by atoms with Crippen LogP contribution in [0.4, 0.5) is 5.69 Å². The second kappa shape index (κ2) is 11.0. The maximum Gasteiger partial charge on any atom is 0.251 e. The van der Waals surface area contributed by atoms with Gasteiger partial charge in [0.05, 0.1) is 17.7 Å². The lowest BCUT2D eigenvalue weighted by Gasteiger charge is -2.19. The summed E-state index contributed by atoms with van der Waals surface area (Å²) in [5.74, 6) is 0.235. The molecule has 0 saturated carbocycles. The summed E-state index contributed by atoms with van der Waals surface area (Å²) in [6, 6.07) is 18.1. The first-order chi connectivity index (χ1) is 15.4. The molecule has 2 aromatic carbocycles. The van der Waals surface area contributed by atoms with Crippen LogP contribution in [-0.2, 0) is 16.6 Å². The van der Waals surface area contributed by atoms with Crippen LogP contribution in [0, 0.1) is 6.92 Å². The molecule has 0 unspecified atom stereocenters. The number of rotatable bonds is 11. The molecule has 8 heteroatoms. The number of benzene rings is 2. The second-order valence-electron chi connectivity index (χ2n) is 7.60. The number of unbranched alkanes of at least 4 members (excludes halogenated alkanes) is 1. The number of hydrogen-bond acceptors (Lipinski definition) is 5. The highest BCUT2D eigenvalue weighted by atomic mass is 32.2. The number of carbonyl (C=O) groups is 1. The van der Waals surface area contributed by atoms with Crippen molar-refractivity contribution in [2.24, 2.45) is 0 Å². The van der Waals surface area contributed by atoms with E-state index in [0.717, 1.165) is 30.6 Å². The minimum atomic E-state index is -3.77. The Labute approximate surface area is 189 Å². The van der Waals surface area contributed by atoms with E-state index in [1.807, 2.05) is 25.2 Å². The lowest BCUT2D eigenvalue weighted by atomic mass is 10.1. The van der Waals surface area contributed by atoms with Crippen LogP contribution in [0.1, 0.15) is 34.5 Å². The molecule has 170 valence electrons. The Morgan fingerprint density at radius 1 is 1.03 bits per heavy atom. The second-order valence-corrected chi connectivity index (χ2v) is 9.37. The van der Waals surface area contributed by atoms with Gasteiger partial charge in [-0.25, -0.2) is 13.1 Å². The average Bonchev–Trinajstić information content (AvgIpc) is 3.32. The maximum atomic E-state index is 12.7. The number of sulfonamides is 1. The van der Waals surface area contributed by atoms with Crippen molar-refractivity contribution in [2.45, 2.75) is 31.2 Å². The molecular weight excluding hydrogens is 426 g/mol. The molecular formula is C24H29N3O4S. The van der Waals surface area contributed by atoms with Crippen LogP contribution < -0.4 is 14.9 Å². The quantitative estimate of drug-likeness (QED) is 0.430. The van der Waals surface area contributed by atoms with E-state index >= 15 is 0 Å². The van der Waals surface area contributed by atoms with Gasteiger partial charge in [0.2, 0.25) is 10.0 Å². The van der Waals surface area contributed by atoms with E-state index < -0.39 is 10.0 Å². The van der Waals surface area contributed by atoms with Crippen LogP contribution in [0.5, 0.6) is 0 Å². The molecule has 0 aliphatic rings. The van der Waals surface area contributed by atoms with Gasteiger partial charge in [-0.1, -0.05) is 24.3 Å². The lowest BCUT2D eigenvalue weighted by molar-refractivity contribution is 0.0952. The maximum absolute atomic E-state index is 12.7. The summed E-state index contributed by atoms with van der Waals surface area (Å²) in [5, 5.41) is 2.90. The minimum absolute atomic E-state index is 0.0438. The van der Waals surface area contributed by atoms with Crippen molar-refractivity contribution in [3.63, 3.8) is 0 Å². The largest absolute Gasteiger partial charge is 0.468 e. The van der Waals surface area contributed by atoms with E-state index in [1.54, 1.807) is 25.1 Å². The lowest BCUT2D eigenvalue weighted by Crippen LogP contribution is -2.27. The molecule has 0 saturated heterocycles. The molecule has 0 radical (unpaired) electrons. The first-order valence-electron chi connectivity index (χ1n) is 10.5. The zero-order valence-corrected chi connectivity index (χ0v) is 19.2. The van der Waals surface area contributed by atoms with E-state index in [2.05, 4.69) is 27.1 Å². The van der Waals surface area contributed by atoms with Crippen LogP contribution in [0.25, 0.3) is 0 Å². The number of furan rings is 1. The van der Waals surface area contributed by atoms with Gasteiger partial charge in [-0.15, -0.1) is 0 Å². The van der Waals surface area contributed by atoms with Gasteiger partial charge in [0, 0.05) is 31.4 Å². The molecule has 0 aliphatic carbocycles. The molecule has 32 heavy (non-hydrogen) atoms. The Balaban J connectivity index is 1.51. The molecule has 1 amide bonds. The highest BCUT2D eigenvalue weighted by Gasteiger charge is 2.18. The van der Waals surface area contributed by atoms with Gasteiger partial charge in [-0.3, -0.25) is 4.79 Å². The molecule has 0 fully saturated rings. The molecule has 0 bridgehead atoms. The summed E-state index contributed by atoms with van der Waals surface area (Å²) < 4.78 is 32.9. The van der Waals surface area contributed by atoms with Crippen LogP contribution >= 0.6 is 0 Å². The number of aryl methyl sites for hydroxylation is 1. The Morgan fingerprint density at radius 3 is 2.53 bits per heavy atom. The van der Waals surface area contributed by atoms with E-state index in [9.17, 15) is 13.2 Å². The van der Waals surface area contributed by atoms with E-state index in [4.69, 9.17) is 4.42 Å². The van der Waals surface area contributed by atoms with E-state index in [-0.39, 0.29) is 17.3 Å². The normalized spacial score (nSPS) is 11.3. The van der Waals surface area contributed by atoms with Crippen molar-refractivity contribution in [2.75, 3.05) is 25.0 Å². The van der Waals surface area contributed by atoms with Crippen molar-refractivity contribution in [1.82, 2.24) is 10.0 Å². The van der Waals surface area contributed by atoms with Crippen LogP contribution in [0.2, 0.25) is 0 Å². The molecule has 7 nitrogen and oxygen atoms in total. The highest BCUT2D eigenvalue weighted by molar-refractivity contribution is 7.89. The highest BCUT2D eigenvalue weighted by Crippen LogP contribution is 2.17. The molecule has 3 aromatic rings. The molecule has 2 N–H and O–H groups in total. The van der Waals surface area contributed by atoms with Gasteiger partial charge in [0.15, 0.2) is 0 Å². The predicted molar refractivity (Wildman–Crippen MR) is 125 cm³/mol.